The number of hydrogen-bond donors (Lipinski definition) is 1. The van der Waals surface area contributed by atoms with Gasteiger partial charge in [0.05, 0.1) is 0 Å². The lowest BCUT2D eigenvalue weighted by Crippen LogP contribution is -2.27. The van der Waals surface area contributed by atoms with Crippen molar-refractivity contribution in [3.63, 3.8) is 0 Å². The highest BCUT2D eigenvalue weighted by molar-refractivity contribution is 6.30. The smallest absolute Gasteiger partial charge is 0.304 e. The second kappa shape index (κ2) is 5.36. The molecule has 0 aliphatic carbocycles. The number of halogens is 1. The molecule has 0 aliphatic rings. The first kappa shape index (κ1) is 11.5. The quantitative estimate of drug-likeness (QED) is 0.630. The van der Waals surface area contributed by atoms with Crippen molar-refractivity contribution in [2.75, 3.05) is 6.73 Å². The van der Waals surface area contributed by atoms with E-state index >= 15 is 0 Å². The summed E-state index contributed by atoms with van der Waals surface area (Å²) in [4.78, 5) is 21.8. The molecule has 1 rings (SSSR count). The van der Waals surface area contributed by atoms with E-state index in [4.69, 9.17) is 11.6 Å². The van der Waals surface area contributed by atoms with Gasteiger partial charge < -0.3 is 10.1 Å². The fraction of sp³-hybridized carbons (Fsp3) is 0.200. The number of amides is 1. The van der Waals surface area contributed by atoms with Crippen LogP contribution in [0.15, 0.2) is 24.3 Å². The molecular formula is C10H10ClNO3. The zero-order chi connectivity index (χ0) is 11.3. The van der Waals surface area contributed by atoms with Crippen LogP contribution in [0.1, 0.15) is 17.3 Å². The predicted molar refractivity (Wildman–Crippen MR) is 55.6 cm³/mol. The molecule has 0 saturated heterocycles. The van der Waals surface area contributed by atoms with Crippen LogP contribution in [-0.2, 0) is 9.53 Å². The molecule has 1 aromatic carbocycles. The third-order valence-electron chi connectivity index (χ3n) is 1.61. The highest BCUT2D eigenvalue weighted by atomic mass is 35.5. The topological polar surface area (TPSA) is 55.4 Å². The van der Waals surface area contributed by atoms with Crippen molar-refractivity contribution in [3.8, 4) is 0 Å². The Labute approximate surface area is 92.2 Å². The van der Waals surface area contributed by atoms with E-state index < -0.39 is 5.97 Å². The third kappa shape index (κ3) is 3.99. The molecule has 5 heteroatoms. The van der Waals surface area contributed by atoms with Gasteiger partial charge >= 0.3 is 5.97 Å². The Morgan fingerprint density at radius 3 is 2.47 bits per heavy atom. The van der Waals surface area contributed by atoms with Gasteiger partial charge in [-0.15, -0.1) is 0 Å². The first-order valence-corrected chi connectivity index (χ1v) is 4.64. The van der Waals surface area contributed by atoms with Crippen LogP contribution in [0.2, 0.25) is 5.02 Å². The van der Waals surface area contributed by atoms with E-state index in [1.54, 1.807) is 24.3 Å². The van der Waals surface area contributed by atoms with Gasteiger partial charge in [-0.3, -0.25) is 9.59 Å². The lowest BCUT2D eigenvalue weighted by atomic mass is 10.2. The number of benzene rings is 1. The molecule has 0 atom stereocenters. The number of rotatable bonds is 3. The molecule has 0 aromatic heterocycles. The molecule has 1 N–H and O–H groups in total. The Morgan fingerprint density at radius 1 is 1.33 bits per heavy atom. The maximum Gasteiger partial charge on any atom is 0.304 e. The second-order valence-electron chi connectivity index (χ2n) is 2.79. The minimum absolute atomic E-state index is 0.128. The van der Waals surface area contributed by atoms with Crippen LogP contribution in [0.4, 0.5) is 0 Å². The monoisotopic (exact) mass is 227 g/mol. The van der Waals surface area contributed by atoms with E-state index in [1.807, 2.05) is 0 Å². The molecule has 1 amide bonds. The van der Waals surface area contributed by atoms with Gasteiger partial charge in [0.25, 0.3) is 5.91 Å². The highest BCUT2D eigenvalue weighted by Gasteiger charge is 2.04. The summed E-state index contributed by atoms with van der Waals surface area (Å²) in [5.41, 5.74) is 0.464. The van der Waals surface area contributed by atoms with Crippen LogP contribution in [0.3, 0.4) is 0 Å². The summed E-state index contributed by atoms with van der Waals surface area (Å²) in [6.07, 6.45) is 0. The van der Waals surface area contributed by atoms with E-state index in [2.05, 4.69) is 10.1 Å². The summed E-state index contributed by atoms with van der Waals surface area (Å²) in [5.74, 6) is -0.751. The van der Waals surface area contributed by atoms with Crippen molar-refractivity contribution in [2.45, 2.75) is 6.92 Å². The predicted octanol–water partition coefficient (Wildman–Crippen LogP) is 1.59. The van der Waals surface area contributed by atoms with Crippen LogP contribution in [0.5, 0.6) is 0 Å². The molecule has 15 heavy (non-hydrogen) atoms. The molecular weight excluding hydrogens is 218 g/mol. The summed E-state index contributed by atoms with van der Waals surface area (Å²) in [5, 5.41) is 2.99. The third-order valence-corrected chi connectivity index (χ3v) is 1.87. The Balaban J connectivity index is 2.47. The van der Waals surface area contributed by atoms with Crippen LogP contribution >= 0.6 is 11.6 Å². The van der Waals surface area contributed by atoms with E-state index in [0.717, 1.165) is 0 Å². The van der Waals surface area contributed by atoms with E-state index in [0.29, 0.717) is 10.6 Å². The fourth-order valence-electron chi connectivity index (χ4n) is 0.907. The van der Waals surface area contributed by atoms with Crippen LogP contribution in [0.25, 0.3) is 0 Å². The maximum atomic E-state index is 11.4. The van der Waals surface area contributed by atoms with Crippen molar-refractivity contribution in [2.24, 2.45) is 0 Å². The van der Waals surface area contributed by atoms with Crippen molar-refractivity contribution in [1.29, 1.82) is 0 Å². The second-order valence-corrected chi connectivity index (χ2v) is 3.23. The first-order chi connectivity index (χ1) is 7.09. The van der Waals surface area contributed by atoms with Crippen LogP contribution < -0.4 is 5.32 Å². The lowest BCUT2D eigenvalue weighted by molar-refractivity contribution is -0.141. The SMILES string of the molecule is CC(=O)OCNC(=O)c1ccc(Cl)cc1. The largest absolute Gasteiger partial charge is 0.445 e. The molecule has 0 heterocycles. The van der Waals surface area contributed by atoms with Gasteiger partial charge in [0, 0.05) is 17.5 Å². The van der Waals surface area contributed by atoms with Gasteiger partial charge in [-0.2, -0.15) is 0 Å². The van der Waals surface area contributed by atoms with Crippen molar-refractivity contribution in [3.05, 3.63) is 34.9 Å². The van der Waals surface area contributed by atoms with Crippen molar-refractivity contribution < 1.29 is 14.3 Å². The molecule has 0 aliphatic heterocycles. The van der Waals surface area contributed by atoms with E-state index in [1.165, 1.54) is 6.92 Å². The number of esters is 1. The molecule has 0 bridgehead atoms. The van der Waals surface area contributed by atoms with Gasteiger partial charge in [-0.25, -0.2) is 0 Å². The van der Waals surface area contributed by atoms with Crippen molar-refractivity contribution >= 4 is 23.5 Å². The Morgan fingerprint density at radius 2 is 1.93 bits per heavy atom. The minimum Gasteiger partial charge on any atom is -0.445 e. The highest BCUT2D eigenvalue weighted by Crippen LogP contribution is 2.09. The van der Waals surface area contributed by atoms with Gasteiger partial charge in [0.15, 0.2) is 6.73 Å². The summed E-state index contributed by atoms with van der Waals surface area (Å²) in [6.45, 7) is 1.14. The minimum atomic E-state index is -0.439. The summed E-state index contributed by atoms with van der Waals surface area (Å²) >= 11 is 5.66. The van der Waals surface area contributed by atoms with Gasteiger partial charge in [0.1, 0.15) is 0 Å². The van der Waals surface area contributed by atoms with Gasteiger partial charge in [-0.1, -0.05) is 11.6 Å². The van der Waals surface area contributed by atoms with Crippen LogP contribution in [-0.4, -0.2) is 18.6 Å². The molecule has 1 aromatic rings. The molecule has 0 radical (unpaired) electrons. The molecule has 80 valence electrons. The zero-order valence-electron chi connectivity index (χ0n) is 8.12. The van der Waals surface area contributed by atoms with Crippen molar-refractivity contribution in [1.82, 2.24) is 5.32 Å². The van der Waals surface area contributed by atoms with E-state index in [-0.39, 0.29) is 12.6 Å². The lowest BCUT2D eigenvalue weighted by Gasteiger charge is -2.04. The number of ether oxygens (including phenoxy) is 1. The number of carbonyl (C=O) groups excluding carboxylic acids is 2. The first-order valence-electron chi connectivity index (χ1n) is 4.26. The summed E-state index contributed by atoms with van der Waals surface area (Å²) in [7, 11) is 0. The Bertz CT molecular complexity index is 361. The fourth-order valence-corrected chi connectivity index (χ4v) is 1.03. The Kier molecular flexibility index (Phi) is 4.12. The zero-order valence-corrected chi connectivity index (χ0v) is 8.88. The average molecular weight is 228 g/mol. The standard InChI is InChI=1S/C10H10ClNO3/c1-7(13)15-6-12-10(14)8-2-4-9(11)5-3-8/h2-5H,6H2,1H3,(H,12,14). The van der Waals surface area contributed by atoms with Gasteiger partial charge in [-0.05, 0) is 24.3 Å². The molecule has 0 fully saturated rings. The number of nitrogens with one attached hydrogen (secondary N) is 1. The maximum absolute atomic E-state index is 11.4. The molecule has 0 saturated carbocycles. The summed E-state index contributed by atoms with van der Waals surface area (Å²) < 4.78 is 4.56. The molecule has 0 spiro atoms. The molecule has 4 nitrogen and oxygen atoms in total. The van der Waals surface area contributed by atoms with Crippen LogP contribution in [0, 0.1) is 0 Å². The van der Waals surface area contributed by atoms with Gasteiger partial charge in [0.2, 0.25) is 0 Å². The number of hydrogen-bond acceptors (Lipinski definition) is 3. The normalized spacial score (nSPS) is 9.47. The van der Waals surface area contributed by atoms with E-state index in [9.17, 15) is 9.59 Å². The summed E-state index contributed by atoms with van der Waals surface area (Å²) in [6, 6.07) is 6.40. The number of carbonyl (C=O) groups is 2. The average Bonchev–Trinajstić information content (AvgIpc) is 2.18. The molecule has 0 unspecified atom stereocenters. The Hall–Kier alpha value is -1.55.